The molecule has 1 N–H and O–H groups in total. The summed E-state index contributed by atoms with van der Waals surface area (Å²) in [7, 11) is 0. The molecule has 0 atom stereocenters. The summed E-state index contributed by atoms with van der Waals surface area (Å²) >= 11 is 9.27. The molecule has 2 rings (SSSR count). The Morgan fingerprint density at radius 1 is 1.32 bits per heavy atom. The molecule has 0 radical (unpaired) electrons. The van der Waals surface area contributed by atoms with E-state index in [1.165, 1.54) is 18.2 Å². The predicted octanol–water partition coefficient (Wildman–Crippen LogP) is 4.80. The van der Waals surface area contributed by atoms with Crippen LogP contribution in [0.1, 0.15) is 15.9 Å². The highest BCUT2D eigenvalue weighted by Crippen LogP contribution is 2.25. The molecule has 5 heteroatoms. The number of halogens is 3. The molecule has 2 aromatic rings. The lowest BCUT2D eigenvalue weighted by Gasteiger charge is -2.10. The topological polar surface area (TPSA) is 29.1 Å². The van der Waals surface area contributed by atoms with Crippen molar-refractivity contribution >= 4 is 39.1 Å². The SMILES string of the molecule is Cc1c(Br)cccc1C(=O)Nc1cc(F)ccc1Cl. The molecule has 0 bridgehead atoms. The maximum absolute atomic E-state index is 13.1. The molecule has 19 heavy (non-hydrogen) atoms. The van der Waals surface area contributed by atoms with E-state index in [-0.39, 0.29) is 11.6 Å². The first-order valence-electron chi connectivity index (χ1n) is 5.50. The van der Waals surface area contributed by atoms with Crippen LogP contribution < -0.4 is 5.32 Å². The van der Waals surface area contributed by atoms with E-state index in [1.54, 1.807) is 12.1 Å². The van der Waals surface area contributed by atoms with Crippen LogP contribution in [0.5, 0.6) is 0 Å². The highest BCUT2D eigenvalue weighted by Gasteiger charge is 2.12. The highest BCUT2D eigenvalue weighted by atomic mass is 79.9. The zero-order valence-electron chi connectivity index (χ0n) is 10.0. The second-order valence-electron chi connectivity index (χ2n) is 3.99. The molecule has 0 aliphatic carbocycles. The van der Waals surface area contributed by atoms with Crippen molar-refractivity contribution in [1.82, 2.24) is 0 Å². The molecule has 0 fully saturated rings. The Balaban J connectivity index is 2.31. The largest absolute Gasteiger partial charge is 0.321 e. The Hall–Kier alpha value is -1.39. The lowest BCUT2D eigenvalue weighted by molar-refractivity contribution is 0.102. The molecule has 1 amide bonds. The molecule has 0 saturated carbocycles. The summed E-state index contributed by atoms with van der Waals surface area (Å²) in [6.07, 6.45) is 0. The van der Waals surface area contributed by atoms with Gasteiger partial charge in [-0.2, -0.15) is 0 Å². The lowest BCUT2D eigenvalue weighted by atomic mass is 10.1. The summed E-state index contributed by atoms with van der Waals surface area (Å²) in [6.45, 7) is 1.83. The van der Waals surface area contributed by atoms with Gasteiger partial charge in [-0.3, -0.25) is 4.79 Å². The van der Waals surface area contributed by atoms with E-state index in [9.17, 15) is 9.18 Å². The van der Waals surface area contributed by atoms with Crippen molar-refractivity contribution < 1.29 is 9.18 Å². The van der Waals surface area contributed by atoms with Gasteiger partial charge in [-0.05, 0) is 42.8 Å². The van der Waals surface area contributed by atoms with Gasteiger partial charge in [-0.1, -0.05) is 33.6 Å². The van der Waals surface area contributed by atoms with Gasteiger partial charge in [0.1, 0.15) is 5.82 Å². The van der Waals surface area contributed by atoms with Gasteiger partial charge in [0, 0.05) is 10.0 Å². The fourth-order valence-corrected chi connectivity index (χ4v) is 2.17. The van der Waals surface area contributed by atoms with E-state index in [1.807, 2.05) is 13.0 Å². The van der Waals surface area contributed by atoms with Crippen LogP contribution in [0.15, 0.2) is 40.9 Å². The van der Waals surface area contributed by atoms with E-state index in [4.69, 9.17) is 11.6 Å². The maximum Gasteiger partial charge on any atom is 0.256 e. The summed E-state index contributed by atoms with van der Waals surface area (Å²) < 4.78 is 14.0. The first kappa shape index (κ1) is 14.0. The van der Waals surface area contributed by atoms with Gasteiger partial charge in [0.05, 0.1) is 10.7 Å². The number of anilines is 1. The average Bonchev–Trinajstić information content (AvgIpc) is 2.37. The standard InChI is InChI=1S/C14H10BrClFNO/c1-8-10(3-2-4-11(8)15)14(19)18-13-7-9(17)5-6-12(13)16/h2-7H,1H3,(H,18,19). The molecule has 0 aliphatic heterocycles. The maximum atomic E-state index is 13.1. The van der Waals surface area contributed by atoms with Crippen molar-refractivity contribution in [3.8, 4) is 0 Å². The Labute approximate surface area is 123 Å². The molecule has 0 aromatic heterocycles. The first-order chi connectivity index (χ1) is 8.99. The van der Waals surface area contributed by atoms with Crippen molar-refractivity contribution in [1.29, 1.82) is 0 Å². The lowest BCUT2D eigenvalue weighted by Crippen LogP contribution is -2.14. The third-order valence-corrected chi connectivity index (χ3v) is 3.88. The molecule has 0 unspecified atom stereocenters. The number of hydrogen-bond donors (Lipinski definition) is 1. The van der Waals surface area contributed by atoms with Crippen LogP contribution in [-0.4, -0.2) is 5.91 Å². The van der Waals surface area contributed by atoms with Gasteiger partial charge in [0.25, 0.3) is 5.91 Å². The minimum atomic E-state index is -0.453. The molecule has 0 heterocycles. The van der Waals surface area contributed by atoms with Crippen LogP contribution >= 0.6 is 27.5 Å². The number of nitrogens with one attached hydrogen (secondary N) is 1. The van der Waals surface area contributed by atoms with Gasteiger partial charge >= 0.3 is 0 Å². The monoisotopic (exact) mass is 341 g/mol. The van der Waals surface area contributed by atoms with Gasteiger partial charge < -0.3 is 5.32 Å². The third kappa shape index (κ3) is 3.14. The molecule has 2 aromatic carbocycles. The number of amides is 1. The third-order valence-electron chi connectivity index (χ3n) is 2.69. The fourth-order valence-electron chi connectivity index (χ4n) is 1.64. The quantitative estimate of drug-likeness (QED) is 0.834. The fraction of sp³-hybridized carbons (Fsp3) is 0.0714. The van der Waals surface area contributed by atoms with E-state index in [2.05, 4.69) is 21.2 Å². The number of carbonyl (C=O) groups excluding carboxylic acids is 1. The summed E-state index contributed by atoms with van der Waals surface area (Å²) in [6, 6.07) is 9.14. The van der Waals surface area contributed by atoms with Crippen molar-refractivity contribution in [2.24, 2.45) is 0 Å². The van der Waals surface area contributed by atoms with Gasteiger partial charge in [0.15, 0.2) is 0 Å². The number of carbonyl (C=O) groups is 1. The smallest absolute Gasteiger partial charge is 0.256 e. The molecule has 2 nitrogen and oxygen atoms in total. The number of hydrogen-bond acceptors (Lipinski definition) is 1. The molecular weight excluding hydrogens is 333 g/mol. The Morgan fingerprint density at radius 2 is 2.05 bits per heavy atom. The van der Waals surface area contributed by atoms with Crippen LogP contribution in [-0.2, 0) is 0 Å². The number of rotatable bonds is 2. The number of benzene rings is 2. The van der Waals surface area contributed by atoms with Gasteiger partial charge in [0.2, 0.25) is 0 Å². The van der Waals surface area contributed by atoms with Crippen LogP contribution in [0, 0.1) is 12.7 Å². The van der Waals surface area contributed by atoms with Gasteiger partial charge in [-0.15, -0.1) is 0 Å². The summed E-state index contributed by atoms with van der Waals surface area (Å²) in [5.74, 6) is -0.781. The van der Waals surface area contributed by atoms with E-state index < -0.39 is 5.82 Å². The summed E-state index contributed by atoms with van der Waals surface area (Å²) in [5.41, 5.74) is 1.58. The molecule has 0 spiro atoms. The van der Waals surface area contributed by atoms with Crippen LogP contribution in [0.2, 0.25) is 5.02 Å². The van der Waals surface area contributed by atoms with E-state index in [0.717, 1.165) is 10.0 Å². The normalized spacial score (nSPS) is 10.3. The van der Waals surface area contributed by atoms with E-state index >= 15 is 0 Å². The highest BCUT2D eigenvalue weighted by molar-refractivity contribution is 9.10. The van der Waals surface area contributed by atoms with E-state index in [0.29, 0.717) is 10.6 Å². The minimum Gasteiger partial charge on any atom is -0.321 e. The second-order valence-corrected chi connectivity index (χ2v) is 5.25. The van der Waals surface area contributed by atoms with Crippen molar-refractivity contribution in [2.45, 2.75) is 6.92 Å². The zero-order valence-corrected chi connectivity index (χ0v) is 12.3. The molecule has 0 saturated heterocycles. The average molecular weight is 343 g/mol. The summed E-state index contributed by atoms with van der Waals surface area (Å²) in [4.78, 5) is 12.1. The Kier molecular flexibility index (Phi) is 4.22. The molecular formula is C14H10BrClFNO. The second kappa shape index (κ2) is 5.72. The Bertz CT molecular complexity index is 645. The van der Waals surface area contributed by atoms with Crippen LogP contribution in [0.4, 0.5) is 10.1 Å². The van der Waals surface area contributed by atoms with Crippen LogP contribution in [0.25, 0.3) is 0 Å². The molecule has 98 valence electrons. The van der Waals surface area contributed by atoms with Gasteiger partial charge in [-0.25, -0.2) is 4.39 Å². The zero-order chi connectivity index (χ0) is 14.0. The van der Waals surface area contributed by atoms with Crippen LogP contribution in [0.3, 0.4) is 0 Å². The van der Waals surface area contributed by atoms with Crippen molar-refractivity contribution in [3.63, 3.8) is 0 Å². The Morgan fingerprint density at radius 3 is 2.79 bits per heavy atom. The molecule has 0 aliphatic rings. The van der Waals surface area contributed by atoms with Crippen molar-refractivity contribution in [2.75, 3.05) is 5.32 Å². The predicted molar refractivity (Wildman–Crippen MR) is 78.2 cm³/mol. The first-order valence-corrected chi connectivity index (χ1v) is 6.67. The minimum absolute atomic E-state index is 0.256. The van der Waals surface area contributed by atoms with Crippen molar-refractivity contribution in [3.05, 3.63) is 62.8 Å². The summed E-state index contributed by atoms with van der Waals surface area (Å²) in [5, 5.41) is 2.90.